The van der Waals surface area contributed by atoms with Gasteiger partial charge in [0, 0.05) is 22.6 Å². The van der Waals surface area contributed by atoms with Gasteiger partial charge in [-0.15, -0.1) is 0 Å². The van der Waals surface area contributed by atoms with Gasteiger partial charge < -0.3 is 9.15 Å². The van der Waals surface area contributed by atoms with Crippen molar-refractivity contribution in [1.82, 2.24) is 5.01 Å². The third kappa shape index (κ3) is 2.41. The Labute approximate surface area is 150 Å². The van der Waals surface area contributed by atoms with E-state index in [0.717, 1.165) is 34.8 Å². The molecule has 3 heterocycles. The lowest BCUT2D eigenvalue weighted by Gasteiger charge is -2.38. The fraction of sp³-hybridized carbons (Fsp3) is 0.150. The summed E-state index contributed by atoms with van der Waals surface area (Å²) in [5, 5.41) is 7.57. The molecule has 1 aromatic heterocycles. The highest BCUT2D eigenvalue weighted by molar-refractivity contribution is 6.30. The predicted octanol–water partition coefficient (Wildman–Crippen LogP) is 5.18. The number of para-hydroxylation sites is 1. The summed E-state index contributed by atoms with van der Waals surface area (Å²) in [5.41, 5.74) is 3.11. The maximum Gasteiger partial charge on any atom is 0.213 e. The van der Waals surface area contributed by atoms with Gasteiger partial charge in [-0.3, -0.25) is 0 Å². The first-order valence-electron chi connectivity index (χ1n) is 8.20. The number of nitrogens with zero attached hydrogens (tertiary/aromatic N) is 2. The van der Waals surface area contributed by atoms with Gasteiger partial charge in [-0.05, 0) is 30.3 Å². The number of benzene rings is 2. The molecular weight excluding hydrogens is 336 g/mol. The molecule has 0 radical (unpaired) electrons. The molecular formula is C20H15ClN2O2. The van der Waals surface area contributed by atoms with E-state index in [9.17, 15) is 0 Å². The number of furan rings is 1. The Morgan fingerprint density at radius 3 is 2.64 bits per heavy atom. The van der Waals surface area contributed by atoms with E-state index in [1.807, 2.05) is 59.6 Å². The van der Waals surface area contributed by atoms with E-state index in [2.05, 4.69) is 6.07 Å². The summed E-state index contributed by atoms with van der Waals surface area (Å²) in [6, 6.07) is 19.8. The van der Waals surface area contributed by atoms with Crippen LogP contribution in [0.3, 0.4) is 0 Å². The Kier molecular flexibility index (Phi) is 3.31. The summed E-state index contributed by atoms with van der Waals surface area (Å²) in [4.78, 5) is 0. The molecule has 25 heavy (non-hydrogen) atoms. The van der Waals surface area contributed by atoms with Crippen LogP contribution in [-0.2, 0) is 0 Å². The Bertz CT molecular complexity index is 935. The molecule has 0 saturated heterocycles. The van der Waals surface area contributed by atoms with Gasteiger partial charge >= 0.3 is 0 Å². The highest BCUT2D eigenvalue weighted by atomic mass is 35.5. The van der Waals surface area contributed by atoms with E-state index >= 15 is 0 Å². The summed E-state index contributed by atoms with van der Waals surface area (Å²) in [6.45, 7) is 0. The Balaban J connectivity index is 1.60. The van der Waals surface area contributed by atoms with Crippen LogP contribution in [-0.4, -0.2) is 10.7 Å². The minimum absolute atomic E-state index is 0.130. The van der Waals surface area contributed by atoms with Crippen LogP contribution >= 0.6 is 11.6 Å². The van der Waals surface area contributed by atoms with Crippen molar-refractivity contribution in [2.75, 3.05) is 0 Å². The van der Waals surface area contributed by atoms with E-state index in [1.165, 1.54) is 0 Å². The maximum absolute atomic E-state index is 6.28. The summed E-state index contributed by atoms with van der Waals surface area (Å²) in [5.74, 6) is 1.71. The molecule has 0 N–H and O–H groups in total. The van der Waals surface area contributed by atoms with Crippen LogP contribution in [0.1, 0.15) is 35.6 Å². The zero-order valence-corrected chi connectivity index (χ0v) is 14.1. The molecule has 2 aliphatic rings. The number of fused-ring (bicyclic) bond motifs is 3. The highest BCUT2D eigenvalue weighted by Crippen LogP contribution is 2.47. The van der Waals surface area contributed by atoms with Crippen molar-refractivity contribution >= 4 is 17.3 Å². The molecule has 2 atom stereocenters. The van der Waals surface area contributed by atoms with Crippen molar-refractivity contribution in [2.45, 2.75) is 18.7 Å². The summed E-state index contributed by atoms with van der Waals surface area (Å²) in [6.07, 6.45) is 2.18. The van der Waals surface area contributed by atoms with E-state index in [0.29, 0.717) is 5.02 Å². The van der Waals surface area contributed by atoms with Gasteiger partial charge in [-0.25, -0.2) is 5.01 Å². The Morgan fingerprint density at radius 1 is 1.00 bits per heavy atom. The Hall–Kier alpha value is -2.72. The van der Waals surface area contributed by atoms with Gasteiger partial charge in [-0.2, -0.15) is 5.10 Å². The predicted molar refractivity (Wildman–Crippen MR) is 95.7 cm³/mol. The van der Waals surface area contributed by atoms with Crippen molar-refractivity contribution in [1.29, 1.82) is 0 Å². The molecule has 5 rings (SSSR count). The monoisotopic (exact) mass is 350 g/mol. The van der Waals surface area contributed by atoms with E-state index < -0.39 is 0 Å². The van der Waals surface area contributed by atoms with Crippen molar-refractivity contribution in [3.8, 4) is 5.75 Å². The van der Waals surface area contributed by atoms with Gasteiger partial charge in [0.2, 0.25) is 6.23 Å². The molecule has 0 fully saturated rings. The smallest absolute Gasteiger partial charge is 0.213 e. The molecule has 0 bridgehead atoms. The van der Waals surface area contributed by atoms with Crippen LogP contribution in [0.25, 0.3) is 0 Å². The van der Waals surface area contributed by atoms with E-state index in [-0.39, 0.29) is 12.3 Å². The first-order valence-corrected chi connectivity index (χ1v) is 8.58. The van der Waals surface area contributed by atoms with Crippen LogP contribution in [0.4, 0.5) is 0 Å². The molecule has 3 aromatic rings. The van der Waals surface area contributed by atoms with E-state index in [4.69, 9.17) is 25.9 Å². The fourth-order valence-corrected chi connectivity index (χ4v) is 3.60. The molecule has 2 aliphatic heterocycles. The Morgan fingerprint density at radius 2 is 1.84 bits per heavy atom. The zero-order valence-electron chi connectivity index (χ0n) is 13.3. The van der Waals surface area contributed by atoms with Gasteiger partial charge in [0.1, 0.15) is 17.2 Å². The third-order valence-corrected chi connectivity index (χ3v) is 4.91. The lowest BCUT2D eigenvalue weighted by molar-refractivity contribution is -0.0190. The SMILES string of the molecule is Clc1ccc([C@@H]2Oc3ccccc3[C@H]3CC(c4ccco4)=NN32)cc1. The second kappa shape index (κ2) is 5.67. The summed E-state index contributed by atoms with van der Waals surface area (Å²) >= 11 is 6.04. The largest absolute Gasteiger partial charge is 0.464 e. The minimum Gasteiger partial charge on any atom is -0.464 e. The average Bonchev–Trinajstić information content (AvgIpc) is 3.31. The highest BCUT2D eigenvalue weighted by Gasteiger charge is 2.41. The van der Waals surface area contributed by atoms with Gasteiger partial charge in [0.25, 0.3) is 0 Å². The van der Waals surface area contributed by atoms with Crippen LogP contribution in [0, 0.1) is 0 Å². The number of hydrogen-bond donors (Lipinski definition) is 0. The lowest BCUT2D eigenvalue weighted by atomic mass is 9.97. The molecule has 0 unspecified atom stereocenters. The van der Waals surface area contributed by atoms with Crippen molar-refractivity contribution in [3.05, 3.63) is 88.8 Å². The van der Waals surface area contributed by atoms with Crippen molar-refractivity contribution < 1.29 is 9.15 Å². The first-order chi connectivity index (χ1) is 12.3. The number of hydrogen-bond acceptors (Lipinski definition) is 4. The van der Waals surface area contributed by atoms with Crippen molar-refractivity contribution in [2.24, 2.45) is 5.10 Å². The molecule has 0 spiro atoms. The van der Waals surface area contributed by atoms with Crippen LogP contribution < -0.4 is 4.74 Å². The molecule has 5 heteroatoms. The number of halogens is 1. The lowest BCUT2D eigenvalue weighted by Crippen LogP contribution is -2.33. The second-order valence-electron chi connectivity index (χ2n) is 6.18. The van der Waals surface area contributed by atoms with Crippen LogP contribution in [0.5, 0.6) is 5.75 Å². The quantitative estimate of drug-likeness (QED) is 0.639. The second-order valence-corrected chi connectivity index (χ2v) is 6.62. The average molecular weight is 351 g/mol. The zero-order chi connectivity index (χ0) is 16.8. The van der Waals surface area contributed by atoms with E-state index in [1.54, 1.807) is 6.26 Å². The first kappa shape index (κ1) is 14.6. The summed E-state index contributed by atoms with van der Waals surface area (Å²) < 4.78 is 11.8. The molecule has 0 saturated carbocycles. The standard InChI is InChI=1S/C20H15ClN2O2/c21-14-9-7-13(8-10-14)20-23-17(15-4-1-2-5-18(15)25-20)12-16(22-23)19-6-3-11-24-19/h1-11,17,20H,12H2/t17-,20+/m1/s1. The molecule has 0 amide bonds. The summed E-state index contributed by atoms with van der Waals surface area (Å²) in [7, 11) is 0. The number of hydrazone groups is 1. The number of rotatable bonds is 2. The molecule has 2 aromatic carbocycles. The van der Waals surface area contributed by atoms with Crippen molar-refractivity contribution in [3.63, 3.8) is 0 Å². The van der Waals surface area contributed by atoms with Crippen LogP contribution in [0.15, 0.2) is 76.4 Å². The molecule has 4 nitrogen and oxygen atoms in total. The van der Waals surface area contributed by atoms with Crippen LogP contribution in [0.2, 0.25) is 5.02 Å². The maximum atomic E-state index is 6.28. The normalized spacial score (nSPS) is 21.3. The van der Waals surface area contributed by atoms with Gasteiger partial charge in [0.05, 0.1) is 12.3 Å². The fourth-order valence-electron chi connectivity index (χ4n) is 3.47. The van der Waals surface area contributed by atoms with Gasteiger partial charge in [-0.1, -0.05) is 41.9 Å². The minimum atomic E-state index is -0.287. The topological polar surface area (TPSA) is 38.0 Å². The number of ether oxygens (including phenoxy) is 1. The molecule has 124 valence electrons. The third-order valence-electron chi connectivity index (χ3n) is 4.66. The molecule has 0 aliphatic carbocycles. The van der Waals surface area contributed by atoms with Gasteiger partial charge in [0.15, 0.2) is 0 Å².